The van der Waals surface area contributed by atoms with Crippen molar-refractivity contribution in [1.29, 1.82) is 0 Å². The first-order chi connectivity index (χ1) is 8.18. The summed E-state index contributed by atoms with van der Waals surface area (Å²) in [6.07, 6.45) is 6.67. The lowest BCUT2D eigenvalue weighted by Gasteiger charge is -2.01. The molecule has 0 unspecified atom stereocenters. The number of carbonyl (C=O) groups excluding carboxylic acids is 2. The van der Waals surface area contributed by atoms with Crippen molar-refractivity contribution in [3.05, 3.63) is 11.6 Å². The van der Waals surface area contributed by atoms with Gasteiger partial charge in [-0.05, 0) is 19.8 Å². The minimum atomic E-state index is 0.0199. The zero-order valence-electron chi connectivity index (χ0n) is 10.1. The van der Waals surface area contributed by atoms with Gasteiger partial charge in [0.15, 0.2) is 5.13 Å². The minimum Gasteiger partial charge on any atom is -0.302 e. The van der Waals surface area contributed by atoms with Crippen LogP contribution in [0.3, 0.4) is 0 Å². The number of ketones is 1. The number of unbranched alkanes of at least 4 members (excludes halogenated alkanes) is 3. The van der Waals surface area contributed by atoms with Crippen molar-refractivity contribution in [2.45, 2.75) is 45.4 Å². The third-order valence-electron chi connectivity index (χ3n) is 2.36. The van der Waals surface area contributed by atoms with Gasteiger partial charge >= 0.3 is 0 Å². The molecule has 1 aromatic rings. The Morgan fingerprint density at radius 1 is 1.24 bits per heavy atom. The van der Waals surface area contributed by atoms with Crippen molar-refractivity contribution in [2.75, 3.05) is 5.32 Å². The van der Waals surface area contributed by atoms with Crippen LogP contribution in [0, 0.1) is 0 Å². The van der Waals surface area contributed by atoms with E-state index in [0.29, 0.717) is 18.0 Å². The molecule has 1 rings (SSSR count). The third kappa shape index (κ3) is 6.84. The van der Waals surface area contributed by atoms with Gasteiger partial charge in [-0.25, -0.2) is 4.98 Å². The summed E-state index contributed by atoms with van der Waals surface area (Å²) < 4.78 is 0. The first-order valence-electron chi connectivity index (χ1n) is 5.87. The molecular weight excluding hydrogens is 236 g/mol. The predicted molar refractivity (Wildman–Crippen MR) is 69.1 cm³/mol. The maximum atomic E-state index is 11.5. The lowest BCUT2D eigenvalue weighted by molar-refractivity contribution is -0.117. The summed E-state index contributed by atoms with van der Waals surface area (Å²) in [6.45, 7) is 1.61. The van der Waals surface area contributed by atoms with Crippen LogP contribution in [-0.4, -0.2) is 16.7 Å². The monoisotopic (exact) mass is 254 g/mol. The van der Waals surface area contributed by atoms with Crippen LogP contribution in [-0.2, 0) is 9.59 Å². The molecule has 0 aliphatic carbocycles. The molecule has 1 N–H and O–H groups in total. The highest BCUT2D eigenvalue weighted by Gasteiger charge is 2.03. The molecule has 0 fully saturated rings. The second-order valence-corrected chi connectivity index (χ2v) is 4.90. The average Bonchev–Trinajstić information content (AvgIpc) is 2.75. The van der Waals surface area contributed by atoms with Crippen LogP contribution in [0.1, 0.15) is 45.4 Å². The first kappa shape index (κ1) is 13.8. The van der Waals surface area contributed by atoms with Gasteiger partial charge in [0, 0.05) is 24.4 Å². The van der Waals surface area contributed by atoms with E-state index in [1.165, 1.54) is 11.3 Å². The highest BCUT2D eigenvalue weighted by atomic mass is 32.1. The van der Waals surface area contributed by atoms with E-state index in [1.54, 1.807) is 13.1 Å². The Hall–Kier alpha value is -1.23. The van der Waals surface area contributed by atoms with Crippen LogP contribution in [0.5, 0.6) is 0 Å². The molecule has 1 amide bonds. The van der Waals surface area contributed by atoms with Crippen LogP contribution in [0.25, 0.3) is 0 Å². The summed E-state index contributed by atoms with van der Waals surface area (Å²) in [4.78, 5) is 26.1. The van der Waals surface area contributed by atoms with E-state index in [0.717, 1.165) is 25.7 Å². The minimum absolute atomic E-state index is 0.0199. The normalized spacial score (nSPS) is 10.2. The molecule has 94 valence electrons. The van der Waals surface area contributed by atoms with Crippen LogP contribution in [0.2, 0.25) is 0 Å². The summed E-state index contributed by atoms with van der Waals surface area (Å²) in [5, 5.41) is 5.23. The molecule has 5 heteroatoms. The molecule has 0 saturated carbocycles. The number of carbonyl (C=O) groups is 2. The second-order valence-electron chi connectivity index (χ2n) is 4.00. The SMILES string of the molecule is CC(=O)CCCCCCC(=O)Nc1nccs1. The van der Waals surface area contributed by atoms with Crippen molar-refractivity contribution in [3.8, 4) is 0 Å². The number of thiazole rings is 1. The number of Topliss-reactive ketones (excluding diaryl/α,β-unsaturated/α-hetero) is 1. The summed E-state index contributed by atoms with van der Waals surface area (Å²) in [5.74, 6) is 0.262. The molecule has 0 aromatic carbocycles. The molecule has 0 bridgehead atoms. The van der Waals surface area contributed by atoms with Crippen LogP contribution < -0.4 is 5.32 Å². The molecule has 17 heavy (non-hydrogen) atoms. The summed E-state index contributed by atoms with van der Waals surface area (Å²) in [7, 11) is 0. The number of nitrogens with zero attached hydrogens (tertiary/aromatic N) is 1. The number of hydrogen-bond donors (Lipinski definition) is 1. The number of rotatable bonds is 8. The number of aromatic nitrogens is 1. The van der Waals surface area contributed by atoms with E-state index in [9.17, 15) is 9.59 Å². The fraction of sp³-hybridized carbons (Fsp3) is 0.583. The number of anilines is 1. The van der Waals surface area contributed by atoms with Gasteiger partial charge in [0.2, 0.25) is 5.91 Å². The maximum absolute atomic E-state index is 11.5. The summed E-state index contributed by atoms with van der Waals surface area (Å²) >= 11 is 1.42. The van der Waals surface area contributed by atoms with E-state index in [4.69, 9.17) is 0 Å². The molecule has 1 heterocycles. The van der Waals surface area contributed by atoms with Gasteiger partial charge in [0.05, 0.1) is 0 Å². The van der Waals surface area contributed by atoms with E-state index in [2.05, 4.69) is 10.3 Å². The van der Waals surface area contributed by atoms with E-state index in [1.807, 2.05) is 5.38 Å². The van der Waals surface area contributed by atoms with Gasteiger partial charge in [-0.3, -0.25) is 4.79 Å². The van der Waals surface area contributed by atoms with Gasteiger partial charge in [-0.15, -0.1) is 11.3 Å². The predicted octanol–water partition coefficient (Wildman–Crippen LogP) is 3.01. The Balaban J connectivity index is 1.99. The Bertz CT molecular complexity index is 349. The zero-order valence-corrected chi connectivity index (χ0v) is 10.9. The molecule has 0 saturated heterocycles. The molecular formula is C12H18N2O2S. The highest BCUT2D eigenvalue weighted by molar-refractivity contribution is 7.13. The van der Waals surface area contributed by atoms with Crippen LogP contribution >= 0.6 is 11.3 Å². The van der Waals surface area contributed by atoms with Gasteiger partial charge < -0.3 is 10.1 Å². The van der Waals surface area contributed by atoms with E-state index < -0.39 is 0 Å². The topological polar surface area (TPSA) is 59.1 Å². The highest BCUT2D eigenvalue weighted by Crippen LogP contribution is 2.12. The van der Waals surface area contributed by atoms with Crippen molar-refractivity contribution in [1.82, 2.24) is 4.98 Å². The Morgan fingerprint density at radius 2 is 1.94 bits per heavy atom. The average molecular weight is 254 g/mol. The molecule has 0 spiro atoms. The molecule has 1 aromatic heterocycles. The molecule has 0 aliphatic heterocycles. The second kappa shape index (κ2) is 7.95. The summed E-state index contributed by atoms with van der Waals surface area (Å²) in [5.41, 5.74) is 0. The quantitative estimate of drug-likeness (QED) is 0.725. The Morgan fingerprint density at radius 3 is 2.53 bits per heavy atom. The van der Waals surface area contributed by atoms with Crippen LogP contribution in [0.15, 0.2) is 11.6 Å². The van der Waals surface area contributed by atoms with Gasteiger partial charge in [0.1, 0.15) is 5.78 Å². The van der Waals surface area contributed by atoms with Gasteiger partial charge in [-0.2, -0.15) is 0 Å². The van der Waals surface area contributed by atoms with Gasteiger partial charge in [0.25, 0.3) is 0 Å². The Labute approximate surface area is 105 Å². The standard InChI is InChI=1S/C12H18N2O2S/c1-10(15)6-4-2-3-5-7-11(16)14-12-13-8-9-17-12/h8-9H,2-7H2,1H3,(H,13,14,16). The fourth-order valence-corrected chi connectivity index (χ4v) is 2.03. The maximum Gasteiger partial charge on any atom is 0.226 e. The zero-order chi connectivity index (χ0) is 12.5. The van der Waals surface area contributed by atoms with Crippen molar-refractivity contribution in [3.63, 3.8) is 0 Å². The van der Waals surface area contributed by atoms with Gasteiger partial charge in [-0.1, -0.05) is 12.8 Å². The number of nitrogens with one attached hydrogen (secondary N) is 1. The first-order valence-corrected chi connectivity index (χ1v) is 6.75. The Kier molecular flexibility index (Phi) is 6.47. The summed E-state index contributed by atoms with van der Waals surface area (Å²) in [6, 6.07) is 0. The third-order valence-corrected chi connectivity index (χ3v) is 3.05. The van der Waals surface area contributed by atoms with E-state index >= 15 is 0 Å². The number of hydrogen-bond acceptors (Lipinski definition) is 4. The van der Waals surface area contributed by atoms with Crippen LogP contribution in [0.4, 0.5) is 5.13 Å². The molecule has 0 aliphatic rings. The van der Waals surface area contributed by atoms with Crippen molar-refractivity contribution < 1.29 is 9.59 Å². The lowest BCUT2D eigenvalue weighted by atomic mass is 10.1. The van der Waals surface area contributed by atoms with Crippen molar-refractivity contribution >= 4 is 28.2 Å². The smallest absolute Gasteiger partial charge is 0.226 e. The number of amides is 1. The largest absolute Gasteiger partial charge is 0.302 e. The molecule has 4 nitrogen and oxygen atoms in total. The van der Waals surface area contributed by atoms with E-state index in [-0.39, 0.29) is 11.7 Å². The lowest BCUT2D eigenvalue weighted by Crippen LogP contribution is -2.10. The van der Waals surface area contributed by atoms with Crippen molar-refractivity contribution in [2.24, 2.45) is 0 Å². The molecule has 0 atom stereocenters. The molecule has 0 radical (unpaired) electrons. The fourth-order valence-electron chi connectivity index (χ4n) is 1.48.